The number of aromatic amines is 1. The molecule has 1 unspecified atom stereocenters. The Labute approximate surface area is 241 Å². The third-order valence-corrected chi connectivity index (χ3v) is 9.16. The van der Waals surface area contributed by atoms with Crippen molar-refractivity contribution in [3.8, 4) is 11.3 Å². The zero-order valence-electron chi connectivity index (χ0n) is 23.5. The lowest BCUT2D eigenvalue weighted by Gasteiger charge is -2.36. The SMILES string of the molecule is O=C(NC(c1ccccn1)C1CCCC1)c1ccc2[nH]nc(-c3ccc(N4CCCN(C5COC5)CC4)cc3)c2c1. The number of pyridine rings is 1. The van der Waals surface area contributed by atoms with Gasteiger partial charge in [0, 0.05) is 54.6 Å². The second kappa shape index (κ2) is 11.6. The molecular weight excluding hydrogens is 512 g/mol. The van der Waals surface area contributed by atoms with Crippen LogP contribution in [0.3, 0.4) is 0 Å². The van der Waals surface area contributed by atoms with Crippen molar-refractivity contribution in [2.75, 3.05) is 44.3 Å². The van der Waals surface area contributed by atoms with E-state index in [2.05, 4.69) is 54.6 Å². The second-order valence-electron chi connectivity index (χ2n) is 11.7. The number of H-pyrrole nitrogens is 1. The summed E-state index contributed by atoms with van der Waals surface area (Å²) in [5, 5.41) is 12.1. The molecule has 2 saturated heterocycles. The fourth-order valence-electron chi connectivity index (χ4n) is 6.71. The molecule has 1 aliphatic carbocycles. The Kier molecular flexibility index (Phi) is 7.42. The molecule has 7 rings (SSSR count). The number of rotatable bonds is 7. The van der Waals surface area contributed by atoms with Gasteiger partial charge in [-0.25, -0.2) is 0 Å². The summed E-state index contributed by atoms with van der Waals surface area (Å²) in [5.41, 5.74) is 5.65. The lowest BCUT2D eigenvalue weighted by atomic mass is 9.94. The van der Waals surface area contributed by atoms with Gasteiger partial charge in [0.15, 0.2) is 0 Å². The summed E-state index contributed by atoms with van der Waals surface area (Å²) in [7, 11) is 0. The van der Waals surface area contributed by atoms with E-state index in [4.69, 9.17) is 4.74 Å². The van der Waals surface area contributed by atoms with E-state index in [1.807, 2.05) is 42.6 Å². The number of hydrogen-bond acceptors (Lipinski definition) is 6. The number of hydrogen-bond donors (Lipinski definition) is 2. The Morgan fingerprint density at radius 3 is 2.56 bits per heavy atom. The molecule has 0 radical (unpaired) electrons. The number of benzene rings is 2. The first kappa shape index (κ1) is 26.2. The number of ether oxygens (including phenoxy) is 1. The predicted molar refractivity (Wildman–Crippen MR) is 161 cm³/mol. The van der Waals surface area contributed by atoms with Crippen molar-refractivity contribution < 1.29 is 9.53 Å². The van der Waals surface area contributed by atoms with Crippen molar-refractivity contribution in [2.24, 2.45) is 5.92 Å². The van der Waals surface area contributed by atoms with Crippen molar-refractivity contribution in [2.45, 2.75) is 44.2 Å². The van der Waals surface area contributed by atoms with Crippen molar-refractivity contribution >= 4 is 22.5 Å². The van der Waals surface area contributed by atoms with Crippen molar-refractivity contribution in [3.63, 3.8) is 0 Å². The normalized spacial score (nSPS) is 19.7. The molecule has 3 fully saturated rings. The Morgan fingerprint density at radius 1 is 0.951 bits per heavy atom. The van der Waals surface area contributed by atoms with Gasteiger partial charge in [0.2, 0.25) is 0 Å². The van der Waals surface area contributed by atoms with Gasteiger partial charge in [0.25, 0.3) is 5.91 Å². The van der Waals surface area contributed by atoms with Gasteiger partial charge in [-0.3, -0.25) is 19.8 Å². The Hall–Kier alpha value is -3.75. The highest BCUT2D eigenvalue weighted by Crippen LogP contribution is 2.35. The summed E-state index contributed by atoms with van der Waals surface area (Å²) in [6.45, 7) is 6.06. The van der Waals surface area contributed by atoms with E-state index in [0.29, 0.717) is 17.5 Å². The molecule has 0 bridgehead atoms. The average molecular weight is 551 g/mol. The highest BCUT2D eigenvalue weighted by Gasteiger charge is 2.30. The van der Waals surface area contributed by atoms with Gasteiger partial charge in [0.05, 0.1) is 42.2 Å². The maximum Gasteiger partial charge on any atom is 0.251 e. The summed E-state index contributed by atoms with van der Waals surface area (Å²) >= 11 is 0. The zero-order valence-corrected chi connectivity index (χ0v) is 23.5. The fourth-order valence-corrected chi connectivity index (χ4v) is 6.71. The van der Waals surface area contributed by atoms with Crippen LogP contribution in [0.15, 0.2) is 66.9 Å². The number of anilines is 1. The van der Waals surface area contributed by atoms with E-state index in [9.17, 15) is 4.79 Å². The molecular formula is C33H38N6O2. The number of amides is 1. The Morgan fingerprint density at radius 2 is 1.80 bits per heavy atom. The monoisotopic (exact) mass is 550 g/mol. The number of nitrogens with one attached hydrogen (secondary N) is 2. The summed E-state index contributed by atoms with van der Waals surface area (Å²) in [5.74, 6) is 0.348. The molecule has 2 aromatic heterocycles. The van der Waals surface area contributed by atoms with E-state index in [-0.39, 0.29) is 11.9 Å². The van der Waals surface area contributed by atoms with Crippen molar-refractivity contribution in [1.29, 1.82) is 0 Å². The van der Waals surface area contributed by atoms with E-state index in [0.717, 1.165) is 86.5 Å². The van der Waals surface area contributed by atoms with Gasteiger partial charge < -0.3 is 15.0 Å². The van der Waals surface area contributed by atoms with E-state index < -0.39 is 0 Å². The number of aromatic nitrogens is 3. The maximum atomic E-state index is 13.5. The molecule has 1 amide bonds. The number of nitrogens with zero attached hydrogens (tertiary/aromatic N) is 4. The molecule has 1 saturated carbocycles. The third-order valence-electron chi connectivity index (χ3n) is 9.16. The molecule has 212 valence electrons. The molecule has 8 nitrogen and oxygen atoms in total. The first-order valence-corrected chi connectivity index (χ1v) is 15.1. The maximum absolute atomic E-state index is 13.5. The lowest BCUT2D eigenvalue weighted by Crippen LogP contribution is -2.50. The Bertz CT molecular complexity index is 1480. The lowest BCUT2D eigenvalue weighted by molar-refractivity contribution is -0.0625. The third kappa shape index (κ3) is 5.46. The first-order valence-electron chi connectivity index (χ1n) is 15.1. The fraction of sp³-hybridized carbons (Fsp3) is 0.424. The van der Waals surface area contributed by atoms with Crippen LogP contribution in [-0.2, 0) is 4.74 Å². The minimum atomic E-state index is -0.0774. The highest BCUT2D eigenvalue weighted by atomic mass is 16.5. The van der Waals surface area contributed by atoms with E-state index >= 15 is 0 Å². The minimum absolute atomic E-state index is 0.0689. The summed E-state index contributed by atoms with van der Waals surface area (Å²) in [4.78, 5) is 23.2. The number of fused-ring (bicyclic) bond motifs is 1. The van der Waals surface area contributed by atoms with Crippen LogP contribution in [0.2, 0.25) is 0 Å². The van der Waals surface area contributed by atoms with E-state index in [1.165, 1.54) is 18.5 Å². The van der Waals surface area contributed by atoms with Crippen molar-refractivity contribution in [3.05, 3.63) is 78.1 Å². The number of carbonyl (C=O) groups is 1. The van der Waals surface area contributed by atoms with Gasteiger partial charge in [-0.15, -0.1) is 0 Å². The van der Waals surface area contributed by atoms with Crippen LogP contribution in [-0.4, -0.2) is 71.4 Å². The van der Waals surface area contributed by atoms with Gasteiger partial charge >= 0.3 is 0 Å². The molecule has 4 heterocycles. The molecule has 4 aromatic rings. The summed E-state index contributed by atoms with van der Waals surface area (Å²) in [6.07, 6.45) is 7.62. The number of carbonyl (C=O) groups excluding carboxylic acids is 1. The van der Waals surface area contributed by atoms with Crippen LogP contribution >= 0.6 is 0 Å². The first-order chi connectivity index (χ1) is 20.2. The quantitative estimate of drug-likeness (QED) is 0.329. The van der Waals surface area contributed by atoms with Crippen LogP contribution in [0.1, 0.15) is 54.2 Å². The molecule has 1 atom stereocenters. The second-order valence-corrected chi connectivity index (χ2v) is 11.7. The van der Waals surface area contributed by atoms with Gasteiger partial charge in [0.1, 0.15) is 0 Å². The van der Waals surface area contributed by atoms with Crippen LogP contribution in [0.25, 0.3) is 22.2 Å². The molecule has 0 spiro atoms. The molecule has 2 aromatic carbocycles. The molecule has 3 aliphatic rings. The minimum Gasteiger partial charge on any atom is -0.378 e. The van der Waals surface area contributed by atoms with Crippen LogP contribution in [0, 0.1) is 5.92 Å². The van der Waals surface area contributed by atoms with E-state index in [1.54, 1.807) is 0 Å². The topological polar surface area (TPSA) is 86.4 Å². The van der Waals surface area contributed by atoms with Crippen LogP contribution in [0.5, 0.6) is 0 Å². The zero-order chi connectivity index (χ0) is 27.6. The molecule has 2 N–H and O–H groups in total. The standard InChI is InChI=1S/C33H38N6O2/c40-33(35-32(23-6-1-2-7-23)30-8-3-4-15-34-30)25-11-14-29-28(20-25)31(37-36-29)24-9-12-26(13-10-24)38-16-5-17-39(19-18-38)27-21-41-22-27/h3-4,8-15,20,23,27,32H,1-2,5-7,16-19,21-22H2,(H,35,40)(H,36,37). The van der Waals surface area contributed by atoms with Crippen molar-refractivity contribution in [1.82, 2.24) is 25.4 Å². The largest absolute Gasteiger partial charge is 0.378 e. The van der Waals surface area contributed by atoms with Gasteiger partial charge in [-0.2, -0.15) is 5.10 Å². The van der Waals surface area contributed by atoms with Crippen LogP contribution < -0.4 is 10.2 Å². The van der Waals surface area contributed by atoms with Crippen LogP contribution in [0.4, 0.5) is 5.69 Å². The smallest absolute Gasteiger partial charge is 0.251 e. The van der Waals surface area contributed by atoms with Gasteiger partial charge in [-0.1, -0.05) is 31.0 Å². The summed E-state index contributed by atoms with van der Waals surface area (Å²) < 4.78 is 5.41. The predicted octanol–water partition coefficient (Wildman–Crippen LogP) is 5.20. The molecule has 2 aliphatic heterocycles. The molecule has 8 heteroatoms. The average Bonchev–Trinajstić information content (AvgIpc) is 3.61. The highest BCUT2D eigenvalue weighted by molar-refractivity contribution is 6.01. The summed E-state index contributed by atoms with van der Waals surface area (Å²) in [6, 6.07) is 21.0. The van der Waals surface area contributed by atoms with Gasteiger partial charge in [-0.05, 0) is 67.6 Å². The Balaban J connectivity index is 1.09. The molecule has 41 heavy (non-hydrogen) atoms.